The van der Waals surface area contributed by atoms with Gasteiger partial charge in [-0.15, -0.1) is 0 Å². The van der Waals surface area contributed by atoms with E-state index in [0.29, 0.717) is 21.7 Å². The van der Waals surface area contributed by atoms with Crippen molar-refractivity contribution in [1.82, 2.24) is 15.4 Å². The van der Waals surface area contributed by atoms with Crippen molar-refractivity contribution >= 4 is 51.4 Å². The molecule has 0 saturated carbocycles. The number of aromatic nitrogens is 2. The lowest BCUT2D eigenvalue weighted by molar-refractivity contribution is 1.03. The highest BCUT2D eigenvalue weighted by Gasteiger charge is 2.06. The van der Waals surface area contributed by atoms with Gasteiger partial charge in [-0.05, 0) is 49.5 Å². The molecule has 1 heterocycles. The average Bonchev–Trinajstić information content (AvgIpc) is 2.96. The van der Waals surface area contributed by atoms with E-state index in [1.165, 1.54) is 0 Å². The van der Waals surface area contributed by atoms with E-state index in [0.717, 1.165) is 16.7 Å². The normalized spacial score (nSPS) is 11.5. The monoisotopic (exact) mass is 343 g/mol. The molecule has 0 bridgehead atoms. The van der Waals surface area contributed by atoms with Crippen LogP contribution in [0, 0.1) is 0 Å². The van der Waals surface area contributed by atoms with Crippen LogP contribution in [0.2, 0.25) is 5.02 Å². The van der Waals surface area contributed by atoms with Gasteiger partial charge in [-0.3, -0.25) is 5.43 Å². The van der Waals surface area contributed by atoms with Crippen LogP contribution in [0.15, 0.2) is 53.6 Å². The largest absolute Gasteiger partial charge is 0.337 e. The number of anilines is 1. The maximum absolute atomic E-state index is 5.97. The number of aromatic amines is 1. The summed E-state index contributed by atoms with van der Waals surface area (Å²) >= 11 is 11.2. The Hall–Kier alpha value is -2.44. The molecular formula is C16H14ClN5S. The number of benzene rings is 2. The molecule has 2 aromatic carbocycles. The first-order chi connectivity index (χ1) is 11.1. The number of thiocarbonyl (C=S) groups is 1. The summed E-state index contributed by atoms with van der Waals surface area (Å²) in [6.45, 7) is 1.84. The minimum atomic E-state index is 0.412. The zero-order chi connectivity index (χ0) is 16.2. The molecule has 23 heavy (non-hydrogen) atoms. The maximum atomic E-state index is 5.97. The van der Waals surface area contributed by atoms with Gasteiger partial charge in [0, 0.05) is 10.7 Å². The Morgan fingerprint density at radius 2 is 2.00 bits per heavy atom. The average molecular weight is 344 g/mol. The number of hydrogen-bond acceptors (Lipinski definition) is 3. The van der Waals surface area contributed by atoms with Crippen LogP contribution >= 0.6 is 23.8 Å². The van der Waals surface area contributed by atoms with Crippen molar-refractivity contribution in [3.8, 4) is 0 Å². The molecule has 0 fully saturated rings. The Labute approximate surface area is 143 Å². The van der Waals surface area contributed by atoms with Gasteiger partial charge < -0.3 is 10.3 Å². The lowest BCUT2D eigenvalue weighted by atomic mass is 10.3. The predicted molar refractivity (Wildman–Crippen MR) is 99.1 cm³/mol. The lowest BCUT2D eigenvalue weighted by Crippen LogP contribution is -2.25. The molecule has 0 unspecified atom stereocenters. The van der Waals surface area contributed by atoms with Crippen molar-refractivity contribution in [3.05, 3.63) is 59.4 Å². The van der Waals surface area contributed by atoms with E-state index < -0.39 is 0 Å². The second-order valence-corrected chi connectivity index (χ2v) is 5.72. The third-order valence-electron chi connectivity index (χ3n) is 3.14. The van der Waals surface area contributed by atoms with Crippen molar-refractivity contribution in [3.63, 3.8) is 0 Å². The molecule has 0 saturated heterocycles. The first-order valence-corrected chi connectivity index (χ1v) is 7.72. The standard InChI is InChI=1S/C16H14ClN5S/c1-10(15-19-13-8-7-11(17)9-14(13)20-15)21-22-16(23)18-12-5-3-2-4-6-12/h2-9H,1H3,(H,19,20)(H2,18,22,23)/b21-10+. The molecular weight excluding hydrogens is 330 g/mol. The molecule has 5 nitrogen and oxygen atoms in total. The Bertz CT molecular complexity index is 873. The van der Waals surface area contributed by atoms with E-state index in [1.54, 1.807) is 6.07 Å². The maximum Gasteiger partial charge on any atom is 0.191 e. The fourth-order valence-electron chi connectivity index (χ4n) is 2.02. The third kappa shape index (κ3) is 3.85. The molecule has 7 heteroatoms. The van der Waals surface area contributed by atoms with Crippen LogP contribution in [0.25, 0.3) is 11.0 Å². The first-order valence-electron chi connectivity index (χ1n) is 6.94. The quantitative estimate of drug-likeness (QED) is 0.383. The number of halogens is 1. The molecule has 0 aliphatic heterocycles. The third-order valence-corrected chi connectivity index (χ3v) is 3.57. The van der Waals surface area contributed by atoms with E-state index in [9.17, 15) is 0 Å². The second kappa shape index (κ2) is 6.76. The number of nitrogens with zero attached hydrogens (tertiary/aromatic N) is 2. The van der Waals surface area contributed by atoms with Gasteiger partial charge in [-0.1, -0.05) is 29.8 Å². The van der Waals surface area contributed by atoms with Crippen LogP contribution in [0.4, 0.5) is 5.69 Å². The second-order valence-electron chi connectivity index (χ2n) is 4.88. The Kier molecular flexibility index (Phi) is 4.55. The van der Waals surface area contributed by atoms with Gasteiger partial charge in [-0.2, -0.15) is 5.10 Å². The molecule has 0 aliphatic carbocycles. The smallest absolute Gasteiger partial charge is 0.191 e. The number of para-hydroxylation sites is 1. The summed E-state index contributed by atoms with van der Waals surface area (Å²) in [7, 11) is 0. The van der Waals surface area contributed by atoms with Crippen LogP contribution in [-0.2, 0) is 0 Å². The van der Waals surface area contributed by atoms with Crippen LogP contribution in [0.3, 0.4) is 0 Å². The summed E-state index contributed by atoms with van der Waals surface area (Å²) in [6, 6.07) is 15.2. The van der Waals surface area contributed by atoms with Crippen molar-refractivity contribution in [2.45, 2.75) is 6.92 Å². The first kappa shape index (κ1) is 15.5. The summed E-state index contributed by atoms with van der Waals surface area (Å²) in [6.07, 6.45) is 0. The summed E-state index contributed by atoms with van der Waals surface area (Å²) in [4.78, 5) is 7.65. The van der Waals surface area contributed by atoms with E-state index in [4.69, 9.17) is 23.8 Å². The number of imidazole rings is 1. The topological polar surface area (TPSA) is 65.1 Å². The van der Waals surface area contributed by atoms with Crippen LogP contribution < -0.4 is 10.7 Å². The van der Waals surface area contributed by atoms with Crippen LogP contribution in [-0.4, -0.2) is 20.8 Å². The molecule has 0 aliphatic rings. The van der Waals surface area contributed by atoms with Crippen LogP contribution in [0.1, 0.15) is 12.7 Å². The minimum Gasteiger partial charge on any atom is -0.337 e. The molecule has 3 N–H and O–H groups in total. The number of nitrogens with one attached hydrogen (secondary N) is 3. The van der Waals surface area contributed by atoms with Gasteiger partial charge in [0.25, 0.3) is 0 Å². The van der Waals surface area contributed by atoms with Crippen molar-refractivity contribution in [1.29, 1.82) is 0 Å². The molecule has 0 radical (unpaired) electrons. The van der Waals surface area contributed by atoms with E-state index in [2.05, 4.69) is 25.8 Å². The predicted octanol–water partition coefficient (Wildman–Crippen LogP) is 3.93. The van der Waals surface area contributed by atoms with Gasteiger partial charge in [0.15, 0.2) is 10.9 Å². The highest BCUT2D eigenvalue weighted by Crippen LogP contribution is 2.17. The summed E-state index contributed by atoms with van der Waals surface area (Å²) in [5.74, 6) is 0.664. The zero-order valence-electron chi connectivity index (χ0n) is 12.3. The van der Waals surface area contributed by atoms with Crippen molar-refractivity contribution < 1.29 is 0 Å². The van der Waals surface area contributed by atoms with Gasteiger partial charge in [-0.25, -0.2) is 4.98 Å². The lowest BCUT2D eigenvalue weighted by Gasteiger charge is -2.06. The molecule has 0 atom stereocenters. The van der Waals surface area contributed by atoms with E-state index in [1.807, 2.05) is 49.4 Å². The van der Waals surface area contributed by atoms with Gasteiger partial charge in [0.2, 0.25) is 0 Å². The fraction of sp³-hybridized carbons (Fsp3) is 0.0625. The Balaban J connectivity index is 1.69. The molecule has 3 rings (SSSR count). The number of fused-ring (bicyclic) bond motifs is 1. The molecule has 3 aromatic rings. The number of hydrogen-bond donors (Lipinski definition) is 3. The Morgan fingerprint density at radius 3 is 2.78 bits per heavy atom. The summed E-state index contributed by atoms with van der Waals surface area (Å²) in [5, 5.41) is 8.35. The molecule has 116 valence electrons. The fourth-order valence-corrected chi connectivity index (χ4v) is 2.35. The number of hydrazone groups is 1. The molecule has 0 amide bonds. The van der Waals surface area contributed by atoms with Crippen LogP contribution in [0.5, 0.6) is 0 Å². The van der Waals surface area contributed by atoms with Crippen molar-refractivity contribution in [2.75, 3.05) is 5.32 Å². The van der Waals surface area contributed by atoms with E-state index >= 15 is 0 Å². The molecule has 0 spiro atoms. The molecule has 1 aromatic heterocycles. The van der Waals surface area contributed by atoms with Gasteiger partial charge in [0.05, 0.1) is 11.0 Å². The summed E-state index contributed by atoms with van der Waals surface area (Å²) < 4.78 is 0. The highest BCUT2D eigenvalue weighted by atomic mass is 35.5. The van der Waals surface area contributed by atoms with Crippen molar-refractivity contribution in [2.24, 2.45) is 5.10 Å². The SMILES string of the molecule is C/C(=N\NC(=S)Nc1ccccc1)c1nc2cc(Cl)ccc2[nH]1. The zero-order valence-corrected chi connectivity index (χ0v) is 13.9. The Morgan fingerprint density at radius 1 is 1.22 bits per heavy atom. The van der Waals surface area contributed by atoms with E-state index in [-0.39, 0.29) is 0 Å². The number of H-pyrrole nitrogens is 1. The van der Waals surface area contributed by atoms with Gasteiger partial charge in [0.1, 0.15) is 5.71 Å². The minimum absolute atomic E-state index is 0.412. The highest BCUT2D eigenvalue weighted by molar-refractivity contribution is 7.80. The number of rotatable bonds is 3. The summed E-state index contributed by atoms with van der Waals surface area (Å²) in [5.41, 5.74) is 6.10. The van der Waals surface area contributed by atoms with Gasteiger partial charge >= 0.3 is 0 Å².